The van der Waals surface area contributed by atoms with E-state index in [2.05, 4.69) is 5.32 Å². The molecule has 0 spiro atoms. The predicted octanol–water partition coefficient (Wildman–Crippen LogP) is 3.43. The highest BCUT2D eigenvalue weighted by atomic mass is 16.5. The van der Waals surface area contributed by atoms with Gasteiger partial charge in [-0.25, -0.2) is 9.59 Å². The van der Waals surface area contributed by atoms with Gasteiger partial charge in [0.25, 0.3) is 5.91 Å². The summed E-state index contributed by atoms with van der Waals surface area (Å²) >= 11 is 0. The molecule has 0 aromatic heterocycles. The number of rotatable bonds is 6. The number of carbonyl (C=O) groups excluding carboxylic acids is 5. The van der Waals surface area contributed by atoms with E-state index in [4.69, 9.17) is 9.47 Å². The lowest BCUT2D eigenvalue weighted by molar-refractivity contribution is -0.119. The Balaban J connectivity index is 1.50. The molecular weight excluding hydrogens is 438 g/mol. The van der Waals surface area contributed by atoms with Crippen molar-refractivity contribution in [2.75, 3.05) is 18.5 Å². The molecule has 1 aliphatic rings. The first-order valence-electron chi connectivity index (χ1n) is 10.5. The summed E-state index contributed by atoms with van der Waals surface area (Å²) in [6, 6.07) is 17.0. The molecule has 0 aliphatic heterocycles. The number of amides is 1. The standard InChI is InChI=1S/C26H19NO7/c1-2-33-25(31)17-10-5-6-13-20(17)27-21(28)14-34-26(32)19-12-7-11-18-22(19)24(30)16-9-4-3-8-15(16)23(18)29/h3-13H,2,14H2,1H3,(H,27,28). The normalized spacial score (nSPS) is 11.8. The summed E-state index contributed by atoms with van der Waals surface area (Å²) < 4.78 is 10.1. The number of esters is 2. The lowest BCUT2D eigenvalue weighted by atomic mass is 9.82. The zero-order valence-corrected chi connectivity index (χ0v) is 18.1. The summed E-state index contributed by atoms with van der Waals surface area (Å²) in [6.07, 6.45) is 0. The maximum atomic E-state index is 13.0. The van der Waals surface area contributed by atoms with E-state index >= 15 is 0 Å². The molecule has 0 bridgehead atoms. The van der Waals surface area contributed by atoms with Crippen LogP contribution < -0.4 is 5.32 Å². The van der Waals surface area contributed by atoms with Gasteiger partial charge < -0.3 is 14.8 Å². The summed E-state index contributed by atoms with van der Waals surface area (Å²) in [6.45, 7) is 1.17. The van der Waals surface area contributed by atoms with Gasteiger partial charge in [0, 0.05) is 22.3 Å². The number of ketones is 2. The highest BCUT2D eigenvalue weighted by molar-refractivity contribution is 6.30. The van der Waals surface area contributed by atoms with Crippen molar-refractivity contribution in [2.24, 2.45) is 0 Å². The number of benzene rings is 3. The third-order valence-electron chi connectivity index (χ3n) is 5.20. The van der Waals surface area contributed by atoms with Crippen LogP contribution in [0.5, 0.6) is 0 Å². The van der Waals surface area contributed by atoms with Gasteiger partial charge >= 0.3 is 11.9 Å². The van der Waals surface area contributed by atoms with Crippen molar-refractivity contribution >= 4 is 35.1 Å². The van der Waals surface area contributed by atoms with Crippen LogP contribution in [0.15, 0.2) is 66.7 Å². The van der Waals surface area contributed by atoms with E-state index in [1.54, 1.807) is 37.3 Å². The molecular formula is C26H19NO7. The summed E-state index contributed by atoms with van der Waals surface area (Å²) in [7, 11) is 0. The molecule has 3 aromatic carbocycles. The van der Waals surface area contributed by atoms with Crippen molar-refractivity contribution in [1.82, 2.24) is 0 Å². The average molecular weight is 457 g/mol. The minimum absolute atomic E-state index is 0.0516. The predicted molar refractivity (Wildman–Crippen MR) is 121 cm³/mol. The van der Waals surface area contributed by atoms with E-state index in [0.717, 1.165) is 0 Å². The van der Waals surface area contributed by atoms with Crippen molar-refractivity contribution in [2.45, 2.75) is 6.92 Å². The smallest absolute Gasteiger partial charge is 0.340 e. The highest BCUT2D eigenvalue weighted by Gasteiger charge is 2.33. The van der Waals surface area contributed by atoms with Crippen LogP contribution in [-0.4, -0.2) is 42.6 Å². The van der Waals surface area contributed by atoms with Gasteiger partial charge in [0.15, 0.2) is 18.2 Å². The average Bonchev–Trinajstić information content (AvgIpc) is 2.86. The molecule has 0 atom stereocenters. The molecule has 0 fully saturated rings. The van der Waals surface area contributed by atoms with Gasteiger partial charge in [-0.3, -0.25) is 14.4 Å². The number of para-hydroxylation sites is 1. The Bertz CT molecular complexity index is 1340. The van der Waals surface area contributed by atoms with Gasteiger partial charge in [-0.1, -0.05) is 48.5 Å². The Labute approximate surface area is 194 Å². The van der Waals surface area contributed by atoms with Crippen molar-refractivity contribution in [3.8, 4) is 0 Å². The monoisotopic (exact) mass is 457 g/mol. The van der Waals surface area contributed by atoms with Crippen molar-refractivity contribution in [3.05, 3.63) is 100 Å². The molecule has 0 unspecified atom stereocenters. The van der Waals surface area contributed by atoms with Gasteiger partial charge in [-0.15, -0.1) is 0 Å². The third-order valence-corrected chi connectivity index (χ3v) is 5.20. The molecule has 0 heterocycles. The fraction of sp³-hybridized carbons (Fsp3) is 0.115. The van der Waals surface area contributed by atoms with E-state index in [-0.39, 0.29) is 51.5 Å². The van der Waals surface area contributed by atoms with E-state index < -0.39 is 30.2 Å². The summed E-state index contributed by atoms with van der Waals surface area (Å²) in [5, 5.41) is 2.51. The van der Waals surface area contributed by atoms with Crippen LogP contribution in [-0.2, 0) is 14.3 Å². The second-order valence-corrected chi connectivity index (χ2v) is 7.32. The first-order chi connectivity index (χ1) is 16.4. The Morgan fingerprint density at radius 3 is 2.03 bits per heavy atom. The molecule has 170 valence electrons. The van der Waals surface area contributed by atoms with Gasteiger partial charge in [0.05, 0.1) is 23.4 Å². The molecule has 4 rings (SSSR count). The topological polar surface area (TPSA) is 116 Å². The number of ether oxygens (including phenoxy) is 2. The minimum atomic E-state index is -0.925. The number of hydrogen-bond donors (Lipinski definition) is 1. The third kappa shape index (κ3) is 4.21. The lowest BCUT2D eigenvalue weighted by Crippen LogP contribution is -2.26. The second kappa shape index (κ2) is 9.50. The second-order valence-electron chi connectivity index (χ2n) is 7.32. The van der Waals surface area contributed by atoms with Crippen molar-refractivity contribution in [1.29, 1.82) is 0 Å². The molecule has 8 heteroatoms. The number of nitrogens with one attached hydrogen (secondary N) is 1. The molecule has 8 nitrogen and oxygen atoms in total. The van der Waals surface area contributed by atoms with Gasteiger partial charge in [-0.05, 0) is 25.1 Å². The first-order valence-corrected chi connectivity index (χ1v) is 10.5. The summed E-state index contributed by atoms with van der Waals surface area (Å²) in [5.41, 5.74) is 0.777. The van der Waals surface area contributed by atoms with Gasteiger partial charge in [-0.2, -0.15) is 0 Å². The van der Waals surface area contributed by atoms with Crippen LogP contribution in [0.3, 0.4) is 0 Å². The van der Waals surface area contributed by atoms with E-state index in [9.17, 15) is 24.0 Å². The molecule has 1 aliphatic carbocycles. The highest BCUT2D eigenvalue weighted by Crippen LogP contribution is 2.29. The number of fused-ring (bicyclic) bond motifs is 2. The molecule has 0 saturated heterocycles. The van der Waals surface area contributed by atoms with Crippen LogP contribution in [0.25, 0.3) is 0 Å². The fourth-order valence-electron chi connectivity index (χ4n) is 3.69. The van der Waals surface area contributed by atoms with Crippen molar-refractivity contribution in [3.63, 3.8) is 0 Å². The van der Waals surface area contributed by atoms with Gasteiger partial charge in [0.2, 0.25) is 0 Å². The lowest BCUT2D eigenvalue weighted by Gasteiger charge is -2.19. The maximum Gasteiger partial charge on any atom is 0.340 e. The first kappa shape index (κ1) is 22.6. The Hall–Kier alpha value is -4.59. The number of carbonyl (C=O) groups is 5. The molecule has 0 radical (unpaired) electrons. The Kier molecular flexibility index (Phi) is 6.31. The van der Waals surface area contributed by atoms with Crippen LogP contribution in [0.4, 0.5) is 5.69 Å². The maximum absolute atomic E-state index is 13.0. The minimum Gasteiger partial charge on any atom is -0.462 e. The van der Waals surface area contributed by atoms with Crippen molar-refractivity contribution < 1.29 is 33.4 Å². The Morgan fingerprint density at radius 2 is 1.29 bits per heavy atom. The molecule has 1 amide bonds. The van der Waals surface area contributed by atoms with E-state index in [1.807, 2.05) is 0 Å². The zero-order valence-electron chi connectivity index (χ0n) is 18.1. The number of anilines is 1. The SMILES string of the molecule is CCOC(=O)c1ccccc1NC(=O)COC(=O)c1cccc2c1C(=O)c1ccccc1C2=O. The summed E-state index contributed by atoms with van der Waals surface area (Å²) in [5.74, 6) is -3.05. The Morgan fingerprint density at radius 1 is 0.706 bits per heavy atom. The van der Waals surface area contributed by atoms with Crippen LogP contribution in [0.1, 0.15) is 59.5 Å². The largest absolute Gasteiger partial charge is 0.462 e. The fourth-order valence-corrected chi connectivity index (χ4v) is 3.69. The zero-order chi connectivity index (χ0) is 24.2. The molecule has 0 saturated carbocycles. The summed E-state index contributed by atoms with van der Waals surface area (Å²) in [4.78, 5) is 63.1. The van der Waals surface area contributed by atoms with Gasteiger partial charge in [0.1, 0.15) is 0 Å². The molecule has 3 aromatic rings. The molecule has 1 N–H and O–H groups in total. The molecule has 34 heavy (non-hydrogen) atoms. The van der Waals surface area contributed by atoms with Crippen LogP contribution in [0.2, 0.25) is 0 Å². The quantitative estimate of drug-likeness (QED) is 0.441. The van der Waals surface area contributed by atoms with E-state index in [0.29, 0.717) is 0 Å². The van der Waals surface area contributed by atoms with Crippen LogP contribution in [0, 0.1) is 0 Å². The number of hydrogen-bond acceptors (Lipinski definition) is 7. The van der Waals surface area contributed by atoms with Crippen LogP contribution >= 0.6 is 0 Å². The van der Waals surface area contributed by atoms with E-state index in [1.165, 1.54) is 36.4 Å².